The van der Waals surface area contributed by atoms with E-state index in [9.17, 15) is 19.5 Å². The van der Waals surface area contributed by atoms with Gasteiger partial charge in [-0.3, -0.25) is 9.59 Å². The average Bonchev–Trinajstić information content (AvgIpc) is 3.18. The van der Waals surface area contributed by atoms with E-state index in [1.54, 1.807) is 0 Å². The smallest absolute Gasteiger partial charge is 0.362 e. The zero-order valence-electron chi connectivity index (χ0n) is 38.2. The van der Waals surface area contributed by atoms with Gasteiger partial charge in [-0.05, 0) is 51.4 Å². The Bertz CT molecular complexity index is 1090. The number of rotatable bonds is 42. The predicted molar refractivity (Wildman–Crippen MR) is 243 cm³/mol. The lowest BCUT2D eigenvalue weighted by molar-refractivity contribution is -0.887. The standard InChI is InChI=1S/C50H89NO7/c1-6-8-10-12-14-16-18-20-22-23-24-25-27-28-30-32-34-36-38-40-48(52)57-45-46(44-56-43-42-47(50(54)55)51(3,4)5)58-49(53)41-39-37-35-33-31-29-26-21-19-17-15-13-11-9-7-2/h9,11,15,17,21,26,31,33,46-47H,6-8,10,12-14,16,18-20,22-25,27-30,32,34-45H2,1-5H3/p+1/b11-9-,17-15-,26-21-,33-31-. The van der Waals surface area contributed by atoms with Crippen molar-refractivity contribution in [1.29, 1.82) is 0 Å². The second kappa shape index (κ2) is 41.0. The first-order valence-corrected chi connectivity index (χ1v) is 23.7. The number of unbranched alkanes of at least 4 members (excludes halogenated alkanes) is 20. The summed E-state index contributed by atoms with van der Waals surface area (Å²) in [7, 11) is 5.51. The van der Waals surface area contributed by atoms with E-state index in [-0.39, 0.29) is 42.7 Å². The summed E-state index contributed by atoms with van der Waals surface area (Å²) in [5.74, 6) is -1.52. The molecule has 0 amide bonds. The van der Waals surface area contributed by atoms with Crippen LogP contribution in [0.25, 0.3) is 0 Å². The van der Waals surface area contributed by atoms with Crippen molar-refractivity contribution in [2.75, 3.05) is 41.0 Å². The molecule has 2 unspecified atom stereocenters. The van der Waals surface area contributed by atoms with Gasteiger partial charge in [0, 0.05) is 19.3 Å². The highest BCUT2D eigenvalue weighted by Crippen LogP contribution is 2.16. The molecule has 0 aliphatic heterocycles. The fourth-order valence-electron chi connectivity index (χ4n) is 6.85. The summed E-state index contributed by atoms with van der Waals surface area (Å²) in [6.45, 7) is 4.59. The number of hydrogen-bond donors (Lipinski definition) is 1. The summed E-state index contributed by atoms with van der Waals surface area (Å²) in [5, 5.41) is 9.63. The molecular formula is C50H90NO7+. The highest BCUT2D eigenvalue weighted by atomic mass is 16.6. The molecule has 0 saturated heterocycles. The summed E-state index contributed by atoms with van der Waals surface area (Å²) >= 11 is 0. The lowest BCUT2D eigenvalue weighted by Gasteiger charge is -2.31. The van der Waals surface area contributed by atoms with Gasteiger partial charge in [-0.25, -0.2) is 4.79 Å². The highest BCUT2D eigenvalue weighted by Gasteiger charge is 2.31. The van der Waals surface area contributed by atoms with Crippen LogP contribution in [-0.4, -0.2) is 80.6 Å². The molecule has 0 aliphatic carbocycles. The molecule has 336 valence electrons. The number of quaternary nitrogens is 1. The number of hydrogen-bond acceptors (Lipinski definition) is 6. The molecule has 0 heterocycles. The van der Waals surface area contributed by atoms with Crippen LogP contribution in [-0.2, 0) is 28.6 Å². The van der Waals surface area contributed by atoms with Gasteiger partial charge in [-0.2, -0.15) is 0 Å². The van der Waals surface area contributed by atoms with E-state index < -0.39 is 18.1 Å². The van der Waals surface area contributed by atoms with Gasteiger partial charge in [-0.1, -0.05) is 178 Å². The molecule has 2 atom stereocenters. The Morgan fingerprint density at radius 3 is 1.43 bits per heavy atom. The topological polar surface area (TPSA) is 99.1 Å². The normalized spacial score (nSPS) is 13.3. The van der Waals surface area contributed by atoms with Gasteiger partial charge in [0.1, 0.15) is 6.61 Å². The average molecular weight is 817 g/mol. The Morgan fingerprint density at radius 2 is 0.966 bits per heavy atom. The minimum absolute atomic E-state index is 0.0453. The predicted octanol–water partition coefficient (Wildman–Crippen LogP) is 13.2. The molecule has 0 aromatic carbocycles. The van der Waals surface area contributed by atoms with Crippen LogP contribution in [0.3, 0.4) is 0 Å². The van der Waals surface area contributed by atoms with Crippen LogP contribution in [0.4, 0.5) is 0 Å². The molecule has 1 N–H and O–H groups in total. The quantitative estimate of drug-likeness (QED) is 0.0283. The number of carboxylic acids is 1. The van der Waals surface area contributed by atoms with E-state index in [1.807, 2.05) is 21.1 Å². The van der Waals surface area contributed by atoms with Crippen molar-refractivity contribution in [3.8, 4) is 0 Å². The number of aliphatic carboxylic acids is 1. The molecule has 0 bridgehead atoms. The first-order valence-electron chi connectivity index (χ1n) is 23.7. The highest BCUT2D eigenvalue weighted by molar-refractivity contribution is 5.72. The molecule has 0 saturated carbocycles. The van der Waals surface area contributed by atoms with Crippen LogP contribution >= 0.6 is 0 Å². The number of carbonyl (C=O) groups is 3. The van der Waals surface area contributed by atoms with Crippen molar-refractivity contribution < 1.29 is 38.2 Å². The van der Waals surface area contributed by atoms with Crippen LogP contribution in [0.2, 0.25) is 0 Å². The van der Waals surface area contributed by atoms with Crippen molar-refractivity contribution in [2.45, 2.75) is 212 Å². The Kier molecular flexibility index (Phi) is 39.1. The van der Waals surface area contributed by atoms with Crippen molar-refractivity contribution in [3.63, 3.8) is 0 Å². The van der Waals surface area contributed by atoms with Crippen molar-refractivity contribution in [1.82, 2.24) is 0 Å². The van der Waals surface area contributed by atoms with E-state index in [0.29, 0.717) is 19.3 Å². The zero-order valence-corrected chi connectivity index (χ0v) is 38.2. The molecule has 0 aromatic heterocycles. The Balaban J connectivity index is 4.31. The van der Waals surface area contributed by atoms with Gasteiger partial charge in [0.25, 0.3) is 0 Å². The van der Waals surface area contributed by atoms with Crippen LogP contribution in [0, 0.1) is 0 Å². The molecule has 58 heavy (non-hydrogen) atoms. The van der Waals surface area contributed by atoms with Crippen molar-refractivity contribution in [2.24, 2.45) is 0 Å². The van der Waals surface area contributed by atoms with Gasteiger partial charge in [0.05, 0.1) is 34.4 Å². The van der Waals surface area contributed by atoms with Gasteiger partial charge in [0.15, 0.2) is 12.1 Å². The van der Waals surface area contributed by atoms with E-state index >= 15 is 0 Å². The second-order valence-electron chi connectivity index (χ2n) is 17.0. The molecule has 0 radical (unpaired) electrons. The summed E-state index contributed by atoms with van der Waals surface area (Å²) in [5.41, 5.74) is 0. The van der Waals surface area contributed by atoms with Crippen LogP contribution in [0.15, 0.2) is 48.6 Å². The maximum absolute atomic E-state index is 12.7. The first kappa shape index (κ1) is 55.3. The largest absolute Gasteiger partial charge is 0.477 e. The third-order valence-corrected chi connectivity index (χ3v) is 10.5. The summed E-state index contributed by atoms with van der Waals surface area (Å²) in [4.78, 5) is 37.0. The monoisotopic (exact) mass is 817 g/mol. The number of allylic oxidation sites excluding steroid dienone is 8. The van der Waals surface area contributed by atoms with Gasteiger partial charge < -0.3 is 23.8 Å². The lowest BCUT2D eigenvalue weighted by atomic mass is 10.0. The molecule has 0 fully saturated rings. The molecular weight excluding hydrogens is 727 g/mol. The zero-order chi connectivity index (χ0) is 42.8. The molecule has 0 spiro atoms. The number of esters is 2. The van der Waals surface area contributed by atoms with E-state index in [1.165, 1.54) is 103 Å². The summed E-state index contributed by atoms with van der Waals surface area (Å²) in [6, 6.07) is -0.622. The van der Waals surface area contributed by atoms with E-state index in [4.69, 9.17) is 14.2 Å². The third-order valence-electron chi connectivity index (χ3n) is 10.5. The number of ether oxygens (including phenoxy) is 3. The maximum atomic E-state index is 12.7. The number of carboxylic acid groups (broad SMARTS) is 1. The third kappa shape index (κ3) is 38.8. The van der Waals surface area contributed by atoms with Crippen LogP contribution in [0.1, 0.15) is 200 Å². The molecule has 8 nitrogen and oxygen atoms in total. The van der Waals surface area contributed by atoms with Gasteiger partial charge in [0.2, 0.25) is 0 Å². The van der Waals surface area contributed by atoms with Crippen LogP contribution in [0.5, 0.6) is 0 Å². The second-order valence-corrected chi connectivity index (χ2v) is 17.0. The molecule has 0 rings (SSSR count). The molecule has 8 heteroatoms. The Morgan fingerprint density at radius 1 is 0.534 bits per heavy atom. The minimum atomic E-state index is -0.881. The van der Waals surface area contributed by atoms with Crippen molar-refractivity contribution in [3.05, 3.63) is 48.6 Å². The number of carbonyl (C=O) groups excluding carboxylic acids is 2. The SMILES string of the molecule is CC/C=C\C/C=C\C/C=C\C/C=C\CCCCC(=O)OC(COCCC(C(=O)O)[N+](C)(C)C)COC(=O)CCCCCCCCCCCCCCCCCCCCC. The minimum Gasteiger partial charge on any atom is -0.477 e. The number of likely N-dealkylation sites (N-methyl/N-ethyl adjacent to an activating group) is 1. The fourth-order valence-corrected chi connectivity index (χ4v) is 6.85. The fraction of sp³-hybridized carbons (Fsp3) is 0.780. The lowest BCUT2D eigenvalue weighted by Crippen LogP contribution is -2.50. The van der Waals surface area contributed by atoms with Gasteiger partial charge in [-0.15, -0.1) is 0 Å². The first-order chi connectivity index (χ1) is 28.1. The van der Waals surface area contributed by atoms with E-state index in [2.05, 4.69) is 62.5 Å². The Hall–Kier alpha value is -2.71. The molecule has 0 aromatic rings. The molecule has 0 aliphatic rings. The Labute approximate surface area is 356 Å². The van der Waals surface area contributed by atoms with Crippen LogP contribution < -0.4 is 0 Å². The van der Waals surface area contributed by atoms with Gasteiger partial charge >= 0.3 is 17.9 Å². The van der Waals surface area contributed by atoms with E-state index in [0.717, 1.165) is 57.8 Å². The maximum Gasteiger partial charge on any atom is 0.362 e. The van der Waals surface area contributed by atoms with Crippen molar-refractivity contribution >= 4 is 17.9 Å². The number of nitrogens with zero attached hydrogens (tertiary/aromatic N) is 1. The summed E-state index contributed by atoms with van der Waals surface area (Å²) < 4.78 is 17.3. The summed E-state index contributed by atoms with van der Waals surface area (Å²) in [6.07, 6.45) is 48.8.